The summed E-state index contributed by atoms with van der Waals surface area (Å²) in [6.07, 6.45) is 0.963. The number of benzene rings is 2. The maximum absolute atomic E-state index is 13.4. The Balaban J connectivity index is 1.63. The zero-order valence-electron chi connectivity index (χ0n) is 17.1. The van der Waals surface area contributed by atoms with Gasteiger partial charge in [-0.15, -0.1) is 0 Å². The molecule has 2 aromatic carbocycles. The van der Waals surface area contributed by atoms with Gasteiger partial charge >= 0.3 is 0 Å². The van der Waals surface area contributed by atoms with Crippen molar-refractivity contribution in [1.29, 1.82) is 0 Å². The van der Waals surface area contributed by atoms with Crippen LogP contribution >= 0.6 is 11.6 Å². The highest BCUT2D eigenvalue weighted by molar-refractivity contribution is 7.89. The van der Waals surface area contributed by atoms with Gasteiger partial charge in [0.15, 0.2) is 6.61 Å². The number of hydrogen-bond acceptors (Lipinski definition) is 5. The van der Waals surface area contributed by atoms with Crippen molar-refractivity contribution in [3.8, 4) is 5.75 Å². The minimum absolute atomic E-state index is 0.0508. The first-order chi connectivity index (χ1) is 14.7. The lowest BCUT2D eigenvalue weighted by Crippen LogP contribution is -2.43. The van der Waals surface area contributed by atoms with E-state index >= 15 is 0 Å². The molecule has 0 aromatic heterocycles. The van der Waals surface area contributed by atoms with Crippen LogP contribution in [0.1, 0.15) is 24.0 Å². The van der Waals surface area contributed by atoms with Gasteiger partial charge in [-0.25, -0.2) is 8.42 Å². The van der Waals surface area contributed by atoms with Crippen LogP contribution in [0.2, 0.25) is 5.02 Å². The average Bonchev–Trinajstić information content (AvgIpc) is 3.22. The van der Waals surface area contributed by atoms with Gasteiger partial charge in [-0.2, -0.15) is 4.31 Å². The molecule has 8 nitrogen and oxygen atoms in total. The summed E-state index contributed by atoms with van der Waals surface area (Å²) in [5.74, 6) is -0.507. The minimum atomic E-state index is -4.07. The summed E-state index contributed by atoms with van der Waals surface area (Å²) in [6, 6.07) is 7.37. The predicted octanol–water partition coefficient (Wildman–Crippen LogP) is 3.08. The number of anilines is 2. The van der Waals surface area contributed by atoms with Gasteiger partial charge in [0.2, 0.25) is 15.9 Å². The van der Waals surface area contributed by atoms with Crippen molar-refractivity contribution in [2.24, 2.45) is 0 Å². The molecule has 4 rings (SSSR count). The Morgan fingerprint density at radius 1 is 1.29 bits per heavy atom. The molecule has 0 aliphatic carbocycles. The highest BCUT2D eigenvalue weighted by Gasteiger charge is 2.41. The third-order valence-corrected chi connectivity index (χ3v) is 8.00. The smallest absolute Gasteiger partial charge is 0.262 e. The van der Waals surface area contributed by atoms with E-state index in [1.165, 1.54) is 16.4 Å². The molecule has 0 bridgehead atoms. The van der Waals surface area contributed by atoms with E-state index in [9.17, 15) is 18.0 Å². The molecule has 1 unspecified atom stereocenters. The van der Waals surface area contributed by atoms with Crippen LogP contribution in [-0.2, 0) is 19.6 Å². The molecule has 2 aromatic rings. The van der Waals surface area contributed by atoms with Crippen LogP contribution in [0.5, 0.6) is 5.75 Å². The second-order valence-electron chi connectivity index (χ2n) is 7.63. The van der Waals surface area contributed by atoms with Crippen LogP contribution in [0.25, 0.3) is 0 Å². The number of nitrogens with zero attached hydrogens (tertiary/aromatic N) is 1. The van der Waals surface area contributed by atoms with Crippen LogP contribution in [-0.4, -0.2) is 43.7 Å². The number of hydrogen-bond donors (Lipinski definition) is 2. The van der Waals surface area contributed by atoms with Gasteiger partial charge in [-0.1, -0.05) is 23.7 Å². The largest absolute Gasteiger partial charge is 0.482 e. The minimum Gasteiger partial charge on any atom is -0.482 e. The maximum atomic E-state index is 13.4. The Hall–Kier alpha value is -2.62. The number of fused-ring (bicyclic) bond motifs is 1. The molecule has 10 heteroatoms. The first-order valence-electron chi connectivity index (χ1n) is 9.83. The van der Waals surface area contributed by atoms with Crippen molar-refractivity contribution in [3.63, 3.8) is 0 Å². The van der Waals surface area contributed by atoms with Crippen molar-refractivity contribution >= 4 is 44.8 Å². The first-order valence-corrected chi connectivity index (χ1v) is 11.7. The van der Waals surface area contributed by atoms with Crippen LogP contribution < -0.4 is 15.4 Å². The van der Waals surface area contributed by atoms with Crippen molar-refractivity contribution < 1.29 is 22.7 Å². The summed E-state index contributed by atoms with van der Waals surface area (Å²) < 4.78 is 33.3. The fourth-order valence-corrected chi connectivity index (χ4v) is 5.97. The second kappa shape index (κ2) is 8.14. The van der Waals surface area contributed by atoms with E-state index in [0.717, 1.165) is 11.1 Å². The third kappa shape index (κ3) is 4.00. The van der Waals surface area contributed by atoms with E-state index in [4.69, 9.17) is 16.3 Å². The van der Waals surface area contributed by atoms with Gasteiger partial charge < -0.3 is 15.4 Å². The second-order valence-corrected chi connectivity index (χ2v) is 9.89. The number of nitrogens with one attached hydrogen (secondary N) is 2. The van der Waals surface area contributed by atoms with Gasteiger partial charge in [-0.05, 0) is 49.9 Å². The normalized spacial score (nSPS) is 18.8. The van der Waals surface area contributed by atoms with Gasteiger partial charge in [0.1, 0.15) is 16.7 Å². The molecule has 1 fully saturated rings. The zero-order chi connectivity index (χ0) is 22.3. The monoisotopic (exact) mass is 463 g/mol. The number of aryl methyl sites for hydroxylation is 1. The van der Waals surface area contributed by atoms with Gasteiger partial charge in [0, 0.05) is 18.3 Å². The fourth-order valence-electron chi connectivity index (χ4n) is 3.80. The van der Waals surface area contributed by atoms with Crippen LogP contribution in [0.4, 0.5) is 11.4 Å². The predicted molar refractivity (Wildman–Crippen MR) is 117 cm³/mol. The van der Waals surface area contributed by atoms with Crippen molar-refractivity contribution in [1.82, 2.24) is 4.31 Å². The van der Waals surface area contributed by atoms with E-state index in [1.807, 2.05) is 26.0 Å². The molecular formula is C21H22ClN3O5S. The quantitative estimate of drug-likeness (QED) is 0.725. The zero-order valence-corrected chi connectivity index (χ0v) is 18.6. The van der Waals surface area contributed by atoms with Crippen molar-refractivity contribution in [2.45, 2.75) is 37.6 Å². The van der Waals surface area contributed by atoms with Gasteiger partial charge in [-0.3, -0.25) is 9.59 Å². The number of amides is 2. The number of ether oxygens (including phenoxy) is 1. The molecular weight excluding hydrogens is 442 g/mol. The maximum Gasteiger partial charge on any atom is 0.262 e. The molecule has 2 aliphatic heterocycles. The molecule has 1 atom stereocenters. The number of carbonyl (C=O) groups excluding carboxylic acids is 2. The van der Waals surface area contributed by atoms with Crippen molar-refractivity contribution in [2.75, 3.05) is 23.8 Å². The molecule has 2 amide bonds. The van der Waals surface area contributed by atoms with Gasteiger partial charge in [0.25, 0.3) is 5.91 Å². The number of sulfonamides is 1. The summed E-state index contributed by atoms with van der Waals surface area (Å²) >= 11 is 6.25. The van der Waals surface area contributed by atoms with E-state index in [1.54, 1.807) is 6.07 Å². The highest BCUT2D eigenvalue weighted by atomic mass is 35.5. The molecule has 2 N–H and O–H groups in total. The lowest BCUT2D eigenvalue weighted by Gasteiger charge is -2.25. The molecule has 2 aliphatic rings. The van der Waals surface area contributed by atoms with Crippen LogP contribution in [0.3, 0.4) is 0 Å². The number of rotatable bonds is 4. The third-order valence-electron chi connectivity index (χ3n) is 5.62. The highest BCUT2D eigenvalue weighted by Crippen LogP contribution is 2.38. The Labute approximate surface area is 185 Å². The summed E-state index contributed by atoms with van der Waals surface area (Å²) in [4.78, 5) is 24.3. The van der Waals surface area contributed by atoms with Gasteiger partial charge in [0.05, 0.1) is 10.7 Å². The Morgan fingerprint density at radius 2 is 2.06 bits per heavy atom. The summed E-state index contributed by atoms with van der Waals surface area (Å²) in [5, 5.41) is 5.41. The molecule has 0 spiro atoms. The van der Waals surface area contributed by atoms with Crippen LogP contribution in [0.15, 0.2) is 35.2 Å². The van der Waals surface area contributed by atoms with E-state index < -0.39 is 16.1 Å². The topological polar surface area (TPSA) is 105 Å². The van der Waals surface area contributed by atoms with E-state index in [2.05, 4.69) is 10.6 Å². The molecule has 0 radical (unpaired) electrons. The molecule has 31 heavy (non-hydrogen) atoms. The van der Waals surface area contributed by atoms with E-state index in [0.29, 0.717) is 24.2 Å². The molecule has 2 heterocycles. The number of halogens is 1. The van der Waals surface area contributed by atoms with Crippen LogP contribution in [0, 0.1) is 13.8 Å². The average molecular weight is 464 g/mol. The molecule has 0 saturated carbocycles. The molecule has 1 saturated heterocycles. The first kappa shape index (κ1) is 21.6. The lowest BCUT2D eigenvalue weighted by molar-refractivity contribution is -0.119. The van der Waals surface area contributed by atoms with E-state index in [-0.39, 0.29) is 40.6 Å². The Kier molecular flexibility index (Phi) is 5.67. The van der Waals surface area contributed by atoms with Crippen molar-refractivity contribution in [3.05, 3.63) is 46.5 Å². The Bertz CT molecular complexity index is 1180. The number of carbonyl (C=O) groups is 2. The Morgan fingerprint density at radius 3 is 2.84 bits per heavy atom. The summed E-state index contributed by atoms with van der Waals surface area (Å²) in [6.45, 7) is 3.84. The SMILES string of the molecule is Cc1cccc(NC(=O)C2CCCN2S(=O)(=O)c2cc3c(cc2Cl)NC(=O)CO3)c1C. The summed E-state index contributed by atoms with van der Waals surface area (Å²) in [7, 11) is -4.07. The summed E-state index contributed by atoms with van der Waals surface area (Å²) in [5.41, 5.74) is 2.93. The molecule has 164 valence electrons. The standard InChI is InChI=1S/C21H22ClN3O5S/c1-12-5-3-6-15(13(12)2)24-21(27)17-7-4-8-25(17)31(28,29)19-10-18-16(9-14(19)22)23-20(26)11-30-18/h3,5-6,9-10,17H,4,7-8,11H2,1-2H3,(H,23,26)(H,24,27). The lowest BCUT2D eigenvalue weighted by atomic mass is 10.1. The fraction of sp³-hybridized carbons (Fsp3) is 0.333.